The molecule has 2 heterocycles. The van der Waals surface area contributed by atoms with E-state index in [-0.39, 0.29) is 11.6 Å². The number of carbonyl (C=O) groups excluding carboxylic acids is 1. The van der Waals surface area contributed by atoms with Crippen LogP contribution in [0.15, 0.2) is 18.6 Å². The van der Waals surface area contributed by atoms with Crippen LogP contribution < -0.4 is 11.1 Å². The first-order valence-electron chi connectivity index (χ1n) is 6.20. The van der Waals surface area contributed by atoms with Crippen LogP contribution in [0.3, 0.4) is 0 Å². The summed E-state index contributed by atoms with van der Waals surface area (Å²) in [7, 11) is 0. The molecule has 0 aliphatic rings. The highest BCUT2D eigenvalue weighted by Crippen LogP contribution is 2.08. The van der Waals surface area contributed by atoms with Gasteiger partial charge < -0.3 is 11.1 Å². The van der Waals surface area contributed by atoms with Gasteiger partial charge in [-0.25, -0.2) is 0 Å². The maximum atomic E-state index is 11.9. The summed E-state index contributed by atoms with van der Waals surface area (Å²) in [5, 5.41) is 11.0. The maximum absolute atomic E-state index is 11.9. The van der Waals surface area contributed by atoms with Crippen LogP contribution >= 0.6 is 0 Å². The molecule has 0 aliphatic heterocycles. The molecule has 0 aliphatic carbocycles. The highest BCUT2D eigenvalue weighted by Gasteiger charge is 2.13. The summed E-state index contributed by atoms with van der Waals surface area (Å²) < 4.78 is 3.42. The first-order chi connectivity index (χ1) is 9.10. The molecular formula is C12H18N6O. The second kappa shape index (κ2) is 5.55. The Hall–Kier alpha value is -2.31. The minimum atomic E-state index is -0.256. The van der Waals surface area contributed by atoms with Crippen molar-refractivity contribution in [1.82, 2.24) is 24.9 Å². The first kappa shape index (κ1) is 13.1. The Morgan fingerprint density at radius 1 is 1.42 bits per heavy atom. The van der Waals surface area contributed by atoms with E-state index >= 15 is 0 Å². The summed E-state index contributed by atoms with van der Waals surface area (Å²) in [6.45, 7) is 5.70. The zero-order chi connectivity index (χ0) is 13.8. The number of aryl methyl sites for hydroxylation is 2. The molecule has 0 spiro atoms. The number of nitrogens with two attached hydrogens (primary N) is 1. The van der Waals surface area contributed by atoms with Crippen molar-refractivity contribution in [2.24, 2.45) is 0 Å². The van der Waals surface area contributed by atoms with Crippen molar-refractivity contribution in [2.45, 2.75) is 26.9 Å². The van der Waals surface area contributed by atoms with E-state index in [2.05, 4.69) is 15.5 Å². The van der Waals surface area contributed by atoms with Crippen LogP contribution in [-0.4, -0.2) is 32.0 Å². The largest absolute Gasteiger partial charge is 0.396 e. The summed E-state index contributed by atoms with van der Waals surface area (Å²) in [4.78, 5) is 11.9. The van der Waals surface area contributed by atoms with Crippen LogP contribution in [0, 0.1) is 6.92 Å². The summed E-state index contributed by atoms with van der Waals surface area (Å²) in [6.07, 6.45) is 5.36. The number of hydrogen-bond donors (Lipinski definition) is 2. The van der Waals surface area contributed by atoms with E-state index in [9.17, 15) is 4.79 Å². The summed E-state index contributed by atoms with van der Waals surface area (Å²) in [6, 6.07) is 0. The van der Waals surface area contributed by atoms with E-state index in [0.717, 1.165) is 5.56 Å². The Bertz CT molecular complexity index is 571. The van der Waals surface area contributed by atoms with Crippen LogP contribution in [0.2, 0.25) is 0 Å². The van der Waals surface area contributed by atoms with Gasteiger partial charge in [0.2, 0.25) is 0 Å². The maximum Gasteiger partial charge on any atom is 0.274 e. The number of nitrogens with zero attached hydrogens (tertiary/aromatic N) is 4. The molecule has 0 bridgehead atoms. The lowest BCUT2D eigenvalue weighted by Crippen LogP contribution is -2.28. The molecule has 2 aromatic rings. The summed E-state index contributed by atoms with van der Waals surface area (Å²) >= 11 is 0. The average molecular weight is 262 g/mol. The monoisotopic (exact) mass is 262 g/mol. The van der Waals surface area contributed by atoms with Gasteiger partial charge in [-0.05, 0) is 19.4 Å². The molecular weight excluding hydrogens is 244 g/mol. The normalized spacial score (nSPS) is 10.6. The van der Waals surface area contributed by atoms with Crippen molar-refractivity contribution in [3.8, 4) is 0 Å². The topological polar surface area (TPSA) is 90.8 Å². The zero-order valence-electron chi connectivity index (χ0n) is 11.1. The van der Waals surface area contributed by atoms with E-state index in [1.54, 1.807) is 21.8 Å². The zero-order valence-corrected chi connectivity index (χ0v) is 11.1. The number of aromatic nitrogens is 4. The second-order valence-corrected chi connectivity index (χ2v) is 4.33. The third kappa shape index (κ3) is 3.12. The fraction of sp³-hybridized carbons (Fsp3) is 0.417. The van der Waals surface area contributed by atoms with Crippen LogP contribution in [0.4, 0.5) is 5.69 Å². The molecule has 2 aromatic heterocycles. The average Bonchev–Trinajstić information content (AvgIpc) is 2.95. The molecule has 0 radical (unpaired) electrons. The lowest BCUT2D eigenvalue weighted by molar-refractivity contribution is 0.0947. The molecule has 0 aromatic carbocycles. The van der Waals surface area contributed by atoms with Gasteiger partial charge in [0.05, 0.1) is 18.4 Å². The van der Waals surface area contributed by atoms with Crippen molar-refractivity contribution in [1.29, 1.82) is 0 Å². The second-order valence-electron chi connectivity index (χ2n) is 4.33. The third-order valence-electron chi connectivity index (χ3n) is 2.72. The number of hydrogen-bond acceptors (Lipinski definition) is 4. The number of carbonyl (C=O) groups is 1. The van der Waals surface area contributed by atoms with Crippen LogP contribution in [-0.2, 0) is 13.1 Å². The predicted octanol–water partition coefficient (Wildman–Crippen LogP) is 0.420. The minimum Gasteiger partial charge on any atom is -0.396 e. The van der Waals surface area contributed by atoms with E-state index < -0.39 is 0 Å². The molecule has 0 fully saturated rings. The molecule has 2 rings (SSSR count). The molecule has 7 nitrogen and oxygen atoms in total. The molecule has 102 valence electrons. The number of rotatable bonds is 5. The van der Waals surface area contributed by atoms with Crippen LogP contribution in [0.5, 0.6) is 0 Å². The van der Waals surface area contributed by atoms with Crippen molar-refractivity contribution < 1.29 is 4.79 Å². The van der Waals surface area contributed by atoms with Gasteiger partial charge in [-0.2, -0.15) is 10.2 Å². The van der Waals surface area contributed by atoms with Crippen molar-refractivity contribution >= 4 is 11.6 Å². The number of nitrogens with one attached hydrogen (secondary N) is 1. The fourth-order valence-electron chi connectivity index (χ4n) is 1.73. The van der Waals surface area contributed by atoms with Crippen molar-refractivity contribution in [3.05, 3.63) is 29.8 Å². The molecule has 7 heteroatoms. The van der Waals surface area contributed by atoms with Gasteiger partial charge in [0, 0.05) is 25.5 Å². The molecule has 1 amide bonds. The quantitative estimate of drug-likeness (QED) is 0.817. The number of nitrogen functional groups attached to an aromatic ring is 1. The van der Waals surface area contributed by atoms with Gasteiger partial charge in [-0.1, -0.05) is 0 Å². The number of amides is 1. The Labute approximate surface area is 111 Å². The van der Waals surface area contributed by atoms with Gasteiger partial charge in [0.15, 0.2) is 5.69 Å². The third-order valence-corrected chi connectivity index (χ3v) is 2.72. The summed E-state index contributed by atoms with van der Waals surface area (Å²) in [5.74, 6) is -0.256. The Morgan fingerprint density at radius 3 is 2.79 bits per heavy atom. The summed E-state index contributed by atoms with van der Waals surface area (Å²) in [5.41, 5.74) is 7.51. The van der Waals surface area contributed by atoms with Gasteiger partial charge in [0.1, 0.15) is 0 Å². The van der Waals surface area contributed by atoms with Gasteiger partial charge in [-0.15, -0.1) is 0 Å². The van der Waals surface area contributed by atoms with Crippen LogP contribution in [0.1, 0.15) is 23.0 Å². The van der Waals surface area contributed by atoms with Crippen molar-refractivity contribution in [3.63, 3.8) is 0 Å². The van der Waals surface area contributed by atoms with Gasteiger partial charge >= 0.3 is 0 Å². The van der Waals surface area contributed by atoms with E-state index in [4.69, 9.17) is 5.73 Å². The highest BCUT2D eigenvalue weighted by atomic mass is 16.2. The van der Waals surface area contributed by atoms with Gasteiger partial charge in [-0.3, -0.25) is 14.2 Å². The molecule has 0 saturated heterocycles. The predicted molar refractivity (Wildman–Crippen MR) is 71.6 cm³/mol. The van der Waals surface area contributed by atoms with E-state index in [1.807, 2.05) is 20.0 Å². The molecule has 0 saturated carbocycles. The lowest BCUT2D eigenvalue weighted by atomic mass is 10.3. The Balaban J connectivity index is 1.88. The molecule has 0 atom stereocenters. The molecule has 19 heavy (non-hydrogen) atoms. The Kier molecular flexibility index (Phi) is 3.84. The smallest absolute Gasteiger partial charge is 0.274 e. The Morgan fingerprint density at radius 2 is 2.21 bits per heavy atom. The van der Waals surface area contributed by atoms with E-state index in [1.165, 1.54) is 0 Å². The van der Waals surface area contributed by atoms with Crippen LogP contribution in [0.25, 0.3) is 0 Å². The number of anilines is 1. The first-order valence-corrected chi connectivity index (χ1v) is 6.20. The fourth-order valence-corrected chi connectivity index (χ4v) is 1.73. The van der Waals surface area contributed by atoms with E-state index in [0.29, 0.717) is 25.3 Å². The molecule has 0 unspecified atom stereocenters. The van der Waals surface area contributed by atoms with Crippen molar-refractivity contribution in [2.75, 3.05) is 12.3 Å². The standard InChI is InChI=1S/C12H18N6O/c1-3-17-8-10(13)11(16-17)12(19)14-4-5-18-7-9(2)6-15-18/h6-8H,3-5,13H2,1-2H3,(H,14,19). The van der Waals surface area contributed by atoms with Gasteiger partial charge in [0.25, 0.3) is 5.91 Å². The SMILES string of the molecule is CCn1cc(N)c(C(=O)NCCn2cc(C)cn2)n1. The lowest BCUT2D eigenvalue weighted by Gasteiger charge is -2.04. The highest BCUT2D eigenvalue weighted by molar-refractivity contribution is 5.96. The minimum absolute atomic E-state index is 0.256. The molecule has 3 N–H and O–H groups in total.